The van der Waals surface area contributed by atoms with E-state index in [0.29, 0.717) is 13.1 Å². The Bertz CT molecular complexity index is 1150. The molecule has 1 aromatic heterocycles. The van der Waals surface area contributed by atoms with Crippen LogP contribution in [0.5, 0.6) is 0 Å². The Labute approximate surface area is 165 Å². The summed E-state index contributed by atoms with van der Waals surface area (Å²) in [5.41, 5.74) is 2.82. The summed E-state index contributed by atoms with van der Waals surface area (Å²) in [7, 11) is 0. The van der Waals surface area contributed by atoms with E-state index >= 15 is 0 Å². The van der Waals surface area contributed by atoms with Gasteiger partial charge in [0, 0.05) is 12.0 Å². The molecule has 28 heavy (non-hydrogen) atoms. The zero-order chi connectivity index (χ0) is 19.7. The SMILES string of the molecule is CC(C)(C)C(=O)NCc1nc2ccccc2n1Cc1ccc2ccccc2c1. The molecule has 142 valence electrons. The molecule has 1 heterocycles. The van der Waals surface area contributed by atoms with Crippen LogP contribution in [0.1, 0.15) is 32.2 Å². The van der Waals surface area contributed by atoms with E-state index in [9.17, 15) is 4.79 Å². The molecule has 0 bridgehead atoms. The Morgan fingerprint density at radius 1 is 0.964 bits per heavy atom. The molecule has 4 rings (SSSR count). The monoisotopic (exact) mass is 371 g/mol. The highest BCUT2D eigenvalue weighted by atomic mass is 16.2. The molecule has 0 fully saturated rings. The molecule has 0 atom stereocenters. The van der Waals surface area contributed by atoms with Gasteiger partial charge in [-0.1, -0.05) is 69.3 Å². The summed E-state index contributed by atoms with van der Waals surface area (Å²) >= 11 is 0. The van der Waals surface area contributed by atoms with E-state index in [1.54, 1.807) is 0 Å². The standard InChI is InChI=1S/C24H25N3O/c1-24(2,3)23(28)25-15-22-26-20-10-6-7-11-21(20)27(22)16-17-12-13-18-8-4-5-9-19(18)14-17/h4-14H,15-16H2,1-3H3,(H,25,28). The lowest BCUT2D eigenvalue weighted by Gasteiger charge is -2.18. The van der Waals surface area contributed by atoms with Gasteiger partial charge in [0.2, 0.25) is 5.91 Å². The lowest BCUT2D eigenvalue weighted by Crippen LogP contribution is -2.35. The number of hydrogen-bond acceptors (Lipinski definition) is 2. The van der Waals surface area contributed by atoms with Crippen LogP contribution in [0.2, 0.25) is 0 Å². The van der Waals surface area contributed by atoms with Crippen molar-refractivity contribution in [3.05, 3.63) is 78.1 Å². The Morgan fingerprint density at radius 3 is 2.46 bits per heavy atom. The maximum absolute atomic E-state index is 12.3. The number of nitrogens with one attached hydrogen (secondary N) is 1. The maximum Gasteiger partial charge on any atom is 0.225 e. The van der Waals surface area contributed by atoms with Gasteiger partial charge in [0.05, 0.1) is 17.6 Å². The van der Waals surface area contributed by atoms with E-state index in [2.05, 4.69) is 58.4 Å². The summed E-state index contributed by atoms with van der Waals surface area (Å²) in [5.74, 6) is 0.892. The van der Waals surface area contributed by atoms with Crippen molar-refractivity contribution < 1.29 is 4.79 Å². The van der Waals surface area contributed by atoms with Crippen molar-refractivity contribution in [2.75, 3.05) is 0 Å². The topological polar surface area (TPSA) is 46.9 Å². The van der Waals surface area contributed by atoms with Crippen LogP contribution in [0.4, 0.5) is 0 Å². The lowest BCUT2D eigenvalue weighted by molar-refractivity contribution is -0.128. The smallest absolute Gasteiger partial charge is 0.225 e. The molecule has 4 nitrogen and oxygen atoms in total. The minimum Gasteiger partial charge on any atom is -0.348 e. The third-order valence-electron chi connectivity index (χ3n) is 4.98. The number of carbonyl (C=O) groups is 1. The molecular weight excluding hydrogens is 346 g/mol. The second-order valence-corrected chi connectivity index (χ2v) is 8.22. The summed E-state index contributed by atoms with van der Waals surface area (Å²) in [4.78, 5) is 17.1. The van der Waals surface area contributed by atoms with E-state index in [4.69, 9.17) is 4.98 Å². The number of fused-ring (bicyclic) bond motifs is 2. The highest BCUT2D eigenvalue weighted by Gasteiger charge is 2.21. The number of amides is 1. The van der Waals surface area contributed by atoms with Crippen LogP contribution < -0.4 is 5.32 Å². The molecule has 0 aliphatic rings. The van der Waals surface area contributed by atoms with Crippen molar-refractivity contribution >= 4 is 27.7 Å². The van der Waals surface area contributed by atoms with E-state index < -0.39 is 5.41 Å². The fraction of sp³-hybridized carbons (Fsp3) is 0.250. The van der Waals surface area contributed by atoms with Crippen molar-refractivity contribution in [2.24, 2.45) is 5.41 Å². The van der Waals surface area contributed by atoms with Crippen LogP contribution >= 0.6 is 0 Å². The minimum absolute atomic E-state index is 0.0248. The highest BCUT2D eigenvalue weighted by Crippen LogP contribution is 2.21. The highest BCUT2D eigenvalue weighted by molar-refractivity contribution is 5.83. The fourth-order valence-electron chi connectivity index (χ4n) is 3.38. The molecule has 0 aliphatic carbocycles. The second kappa shape index (κ2) is 7.12. The van der Waals surface area contributed by atoms with Gasteiger partial charge in [-0.05, 0) is 34.5 Å². The quantitative estimate of drug-likeness (QED) is 0.555. The van der Waals surface area contributed by atoms with Crippen LogP contribution in [0, 0.1) is 5.41 Å². The Hall–Kier alpha value is -3.14. The first-order valence-corrected chi connectivity index (χ1v) is 9.62. The zero-order valence-corrected chi connectivity index (χ0v) is 16.6. The average Bonchev–Trinajstić information content (AvgIpc) is 3.03. The number of para-hydroxylation sites is 2. The molecular formula is C24H25N3O. The molecule has 4 heteroatoms. The van der Waals surface area contributed by atoms with Gasteiger partial charge < -0.3 is 9.88 Å². The van der Waals surface area contributed by atoms with Crippen LogP contribution in [0.15, 0.2) is 66.7 Å². The molecule has 3 aromatic carbocycles. The van der Waals surface area contributed by atoms with Crippen LogP contribution in [0.25, 0.3) is 21.8 Å². The Kier molecular flexibility index (Phi) is 4.63. The van der Waals surface area contributed by atoms with Crippen LogP contribution in [0.3, 0.4) is 0 Å². The molecule has 1 amide bonds. The van der Waals surface area contributed by atoms with Gasteiger partial charge in [-0.2, -0.15) is 0 Å². The van der Waals surface area contributed by atoms with Crippen LogP contribution in [-0.4, -0.2) is 15.5 Å². The normalized spacial score (nSPS) is 11.8. The maximum atomic E-state index is 12.3. The molecule has 0 unspecified atom stereocenters. The first-order chi connectivity index (χ1) is 13.4. The van der Waals surface area contributed by atoms with Crippen molar-refractivity contribution in [2.45, 2.75) is 33.9 Å². The molecule has 4 aromatic rings. The third-order valence-corrected chi connectivity index (χ3v) is 4.98. The molecule has 0 saturated heterocycles. The van der Waals surface area contributed by atoms with Crippen molar-refractivity contribution in [1.82, 2.24) is 14.9 Å². The van der Waals surface area contributed by atoms with Gasteiger partial charge in [-0.15, -0.1) is 0 Å². The summed E-state index contributed by atoms with van der Waals surface area (Å²) in [6.45, 7) is 6.88. The average molecular weight is 371 g/mol. The number of hydrogen-bond donors (Lipinski definition) is 1. The Morgan fingerprint density at radius 2 is 1.68 bits per heavy atom. The van der Waals surface area contributed by atoms with Gasteiger partial charge in [0.1, 0.15) is 5.82 Å². The first-order valence-electron chi connectivity index (χ1n) is 9.62. The number of aromatic nitrogens is 2. The van der Waals surface area contributed by atoms with Gasteiger partial charge >= 0.3 is 0 Å². The third kappa shape index (κ3) is 3.63. The van der Waals surface area contributed by atoms with E-state index in [1.807, 2.05) is 39.0 Å². The van der Waals surface area contributed by atoms with Crippen molar-refractivity contribution in [3.8, 4) is 0 Å². The van der Waals surface area contributed by atoms with Gasteiger partial charge in [-0.3, -0.25) is 4.79 Å². The number of rotatable bonds is 4. The summed E-state index contributed by atoms with van der Waals surface area (Å²) in [6, 6.07) is 23.0. The van der Waals surface area contributed by atoms with Gasteiger partial charge in [-0.25, -0.2) is 4.98 Å². The predicted molar refractivity (Wildman–Crippen MR) is 114 cm³/mol. The zero-order valence-electron chi connectivity index (χ0n) is 16.6. The molecule has 0 saturated carbocycles. The number of nitrogens with zero attached hydrogens (tertiary/aromatic N) is 2. The second-order valence-electron chi connectivity index (χ2n) is 8.22. The number of imidazole rings is 1. The number of carbonyl (C=O) groups excluding carboxylic acids is 1. The molecule has 0 aliphatic heterocycles. The largest absolute Gasteiger partial charge is 0.348 e. The Balaban J connectivity index is 1.69. The van der Waals surface area contributed by atoms with E-state index in [-0.39, 0.29) is 5.91 Å². The predicted octanol–water partition coefficient (Wildman–Crippen LogP) is 4.90. The lowest BCUT2D eigenvalue weighted by atomic mass is 9.96. The van der Waals surface area contributed by atoms with Gasteiger partial charge in [0.15, 0.2) is 0 Å². The van der Waals surface area contributed by atoms with Gasteiger partial charge in [0.25, 0.3) is 0 Å². The van der Waals surface area contributed by atoms with E-state index in [0.717, 1.165) is 16.9 Å². The summed E-state index contributed by atoms with van der Waals surface area (Å²) in [5, 5.41) is 5.50. The first kappa shape index (κ1) is 18.2. The van der Waals surface area contributed by atoms with E-state index in [1.165, 1.54) is 16.3 Å². The molecule has 0 radical (unpaired) electrons. The van der Waals surface area contributed by atoms with Crippen LogP contribution in [-0.2, 0) is 17.9 Å². The number of benzene rings is 3. The summed E-state index contributed by atoms with van der Waals surface area (Å²) < 4.78 is 2.20. The van der Waals surface area contributed by atoms with Crippen molar-refractivity contribution in [1.29, 1.82) is 0 Å². The molecule has 0 spiro atoms. The summed E-state index contributed by atoms with van der Waals surface area (Å²) in [6.07, 6.45) is 0. The molecule has 1 N–H and O–H groups in total. The minimum atomic E-state index is -0.421. The van der Waals surface area contributed by atoms with Crippen molar-refractivity contribution in [3.63, 3.8) is 0 Å². The fourth-order valence-corrected chi connectivity index (χ4v) is 3.38.